The van der Waals surface area contributed by atoms with Crippen LogP contribution in [0.5, 0.6) is 0 Å². The molecule has 0 fully saturated rings. The normalized spacial score (nSPS) is 11.0. The van der Waals surface area contributed by atoms with Crippen LogP contribution < -0.4 is 10.8 Å². The first kappa shape index (κ1) is 19.1. The maximum atomic E-state index is 15.1. The van der Waals surface area contributed by atoms with Gasteiger partial charge in [0.05, 0.1) is 47.0 Å². The van der Waals surface area contributed by atoms with Crippen LogP contribution in [0.15, 0.2) is 30.6 Å². The van der Waals surface area contributed by atoms with E-state index in [0.717, 1.165) is 5.56 Å². The Kier molecular flexibility index (Phi) is 5.59. The molecule has 1 heterocycles. The molecule has 0 radical (unpaired) electrons. The van der Waals surface area contributed by atoms with Crippen molar-refractivity contribution in [3.05, 3.63) is 52.6 Å². The molecule has 1 amide bonds. The molecule has 3 N–H and O–H groups in total. The van der Waals surface area contributed by atoms with Gasteiger partial charge < -0.3 is 15.0 Å². The van der Waals surface area contributed by atoms with Crippen LogP contribution in [-0.2, 0) is 11.9 Å². The summed E-state index contributed by atoms with van der Waals surface area (Å²) in [5.74, 6) is -1.35. The number of aryl methyl sites for hydroxylation is 2. The van der Waals surface area contributed by atoms with E-state index in [0.29, 0.717) is 16.2 Å². The van der Waals surface area contributed by atoms with Gasteiger partial charge in [-0.1, -0.05) is 17.7 Å². The minimum absolute atomic E-state index is 0.0122. The van der Waals surface area contributed by atoms with Gasteiger partial charge in [0.25, 0.3) is 5.91 Å². The largest absolute Gasteiger partial charge is 0.394 e. The number of aromatic nitrogens is 2. The summed E-state index contributed by atoms with van der Waals surface area (Å²) in [7, 11) is 1.70. The summed E-state index contributed by atoms with van der Waals surface area (Å²) in [5, 5.41) is 12.0. The molecule has 0 saturated heterocycles. The van der Waals surface area contributed by atoms with Crippen LogP contribution in [-0.4, -0.2) is 33.8 Å². The van der Waals surface area contributed by atoms with Crippen LogP contribution in [0.1, 0.15) is 15.9 Å². The van der Waals surface area contributed by atoms with E-state index in [1.54, 1.807) is 23.7 Å². The van der Waals surface area contributed by atoms with Crippen molar-refractivity contribution in [1.82, 2.24) is 15.0 Å². The third kappa shape index (κ3) is 3.87. The summed E-state index contributed by atoms with van der Waals surface area (Å²) in [5.41, 5.74) is 4.08. The number of nitrogens with zero attached hydrogens (tertiary/aromatic N) is 2. The van der Waals surface area contributed by atoms with Crippen molar-refractivity contribution in [1.29, 1.82) is 0 Å². The number of aliphatic hydroxyl groups excluding tert-OH is 1. The smallest absolute Gasteiger partial charge is 0.277 e. The fourth-order valence-electron chi connectivity index (χ4n) is 2.60. The average Bonchev–Trinajstić information content (AvgIpc) is 3.00. The minimum Gasteiger partial charge on any atom is -0.394 e. The number of fused-ring (bicyclic) bond motifs is 1. The number of carbonyl (C=O) groups excluding carboxylic acids is 1. The monoisotopic (exact) mass is 392 g/mol. The molecule has 1 aromatic heterocycles. The molecule has 0 saturated carbocycles. The Morgan fingerprint density at radius 3 is 2.89 bits per heavy atom. The van der Waals surface area contributed by atoms with Gasteiger partial charge in [0.2, 0.25) is 0 Å². The number of hydrogen-bond acceptors (Lipinski definition) is 5. The molecule has 0 unspecified atom stereocenters. The van der Waals surface area contributed by atoms with Crippen LogP contribution in [0.3, 0.4) is 0 Å². The number of imidazole rings is 1. The zero-order valence-corrected chi connectivity index (χ0v) is 15.5. The molecule has 27 heavy (non-hydrogen) atoms. The lowest BCUT2D eigenvalue weighted by atomic mass is 10.1. The second-order valence-electron chi connectivity index (χ2n) is 5.95. The number of halogens is 2. The van der Waals surface area contributed by atoms with Crippen LogP contribution in [0.4, 0.5) is 15.8 Å². The Morgan fingerprint density at radius 2 is 2.19 bits per heavy atom. The first-order valence-corrected chi connectivity index (χ1v) is 8.50. The number of carbonyl (C=O) groups is 1. The number of amides is 1. The lowest BCUT2D eigenvalue weighted by Crippen LogP contribution is -2.26. The van der Waals surface area contributed by atoms with Crippen molar-refractivity contribution in [2.45, 2.75) is 6.92 Å². The highest BCUT2D eigenvalue weighted by atomic mass is 35.5. The third-order valence-electron chi connectivity index (χ3n) is 3.95. The predicted molar refractivity (Wildman–Crippen MR) is 101 cm³/mol. The van der Waals surface area contributed by atoms with E-state index in [2.05, 4.69) is 15.8 Å². The van der Waals surface area contributed by atoms with Gasteiger partial charge in [0, 0.05) is 7.05 Å². The van der Waals surface area contributed by atoms with Crippen molar-refractivity contribution in [2.24, 2.45) is 7.05 Å². The van der Waals surface area contributed by atoms with E-state index in [1.807, 2.05) is 13.0 Å². The molecule has 0 atom stereocenters. The Balaban J connectivity index is 2.09. The van der Waals surface area contributed by atoms with Crippen molar-refractivity contribution in [2.75, 3.05) is 18.5 Å². The molecule has 0 aliphatic carbocycles. The number of benzene rings is 2. The van der Waals surface area contributed by atoms with Crippen molar-refractivity contribution in [3.8, 4) is 0 Å². The number of anilines is 2. The van der Waals surface area contributed by atoms with Crippen LogP contribution in [0.25, 0.3) is 11.0 Å². The summed E-state index contributed by atoms with van der Waals surface area (Å²) in [6, 6.07) is 6.75. The maximum absolute atomic E-state index is 15.1. The summed E-state index contributed by atoms with van der Waals surface area (Å²) in [6.07, 6.45) is 1.46. The summed E-state index contributed by atoms with van der Waals surface area (Å²) < 4.78 is 16.7. The zero-order chi connectivity index (χ0) is 19.6. The fourth-order valence-corrected chi connectivity index (χ4v) is 2.88. The molecular formula is C18H18ClFN4O3. The number of hydroxylamine groups is 1. The molecule has 142 valence electrons. The lowest BCUT2D eigenvalue weighted by Gasteiger charge is -2.15. The summed E-state index contributed by atoms with van der Waals surface area (Å²) in [6.45, 7) is 1.53. The Morgan fingerprint density at radius 1 is 1.41 bits per heavy atom. The summed E-state index contributed by atoms with van der Waals surface area (Å²) >= 11 is 6.23. The molecule has 0 aliphatic rings. The number of rotatable bonds is 6. The van der Waals surface area contributed by atoms with E-state index >= 15 is 4.39 Å². The highest BCUT2D eigenvalue weighted by molar-refractivity contribution is 6.33. The molecule has 3 aromatic rings. The quantitative estimate of drug-likeness (QED) is 0.443. The Labute approximate surface area is 159 Å². The van der Waals surface area contributed by atoms with E-state index in [-0.39, 0.29) is 30.0 Å². The first-order valence-electron chi connectivity index (χ1n) is 8.12. The van der Waals surface area contributed by atoms with Gasteiger partial charge in [-0.15, -0.1) is 0 Å². The second kappa shape index (κ2) is 7.91. The van der Waals surface area contributed by atoms with E-state index < -0.39 is 11.7 Å². The fraction of sp³-hybridized carbons (Fsp3) is 0.222. The molecule has 3 rings (SSSR count). The van der Waals surface area contributed by atoms with Gasteiger partial charge in [-0.25, -0.2) is 14.9 Å². The Bertz CT molecular complexity index is 1010. The molecular weight excluding hydrogens is 375 g/mol. The molecule has 0 spiro atoms. The van der Waals surface area contributed by atoms with Gasteiger partial charge in [0.15, 0.2) is 5.82 Å². The molecule has 7 nitrogen and oxygen atoms in total. The van der Waals surface area contributed by atoms with Gasteiger partial charge in [-0.3, -0.25) is 9.63 Å². The van der Waals surface area contributed by atoms with Crippen molar-refractivity contribution >= 4 is 39.9 Å². The van der Waals surface area contributed by atoms with Crippen LogP contribution in [0.2, 0.25) is 5.02 Å². The molecule has 9 heteroatoms. The van der Waals surface area contributed by atoms with Crippen molar-refractivity contribution in [3.63, 3.8) is 0 Å². The second-order valence-corrected chi connectivity index (χ2v) is 6.36. The third-order valence-corrected chi connectivity index (χ3v) is 4.26. The number of hydrogen-bond donors (Lipinski definition) is 3. The highest BCUT2D eigenvalue weighted by Crippen LogP contribution is 2.33. The molecule has 2 aromatic carbocycles. The summed E-state index contributed by atoms with van der Waals surface area (Å²) in [4.78, 5) is 21.4. The van der Waals surface area contributed by atoms with E-state index in [9.17, 15) is 4.79 Å². The standard InChI is InChI=1S/C18H18ClFN4O3/c1-10-3-4-13(12(19)7-10)22-16-11(18(26)23-27-6-5-25)8-14-17(15(16)20)21-9-24(14)2/h3-4,7-9,22,25H,5-6H2,1-2H3,(H,23,26). The van der Waals surface area contributed by atoms with Gasteiger partial charge in [-0.05, 0) is 30.7 Å². The average molecular weight is 393 g/mol. The van der Waals surface area contributed by atoms with E-state index in [1.165, 1.54) is 12.4 Å². The number of aliphatic hydroxyl groups is 1. The SMILES string of the molecule is Cc1ccc(Nc2c(C(=O)NOCCO)cc3c(ncn3C)c2F)c(Cl)c1. The predicted octanol–water partition coefficient (Wildman–Crippen LogP) is 3.07. The van der Waals surface area contributed by atoms with Gasteiger partial charge in [0.1, 0.15) is 5.52 Å². The van der Waals surface area contributed by atoms with Gasteiger partial charge in [-0.2, -0.15) is 0 Å². The zero-order valence-electron chi connectivity index (χ0n) is 14.7. The highest BCUT2D eigenvalue weighted by Gasteiger charge is 2.22. The van der Waals surface area contributed by atoms with Crippen LogP contribution >= 0.6 is 11.6 Å². The minimum atomic E-state index is -0.683. The lowest BCUT2D eigenvalue weighted by molar-refractivity contribution is 0.0169. The topological polar surface area (TPSA) is 88.4 Å². The molecule has 0 bridgehead atoms. The Hall–Kier alpha value is -2.68. The number of nitrogens with one attached hydrogen (secondary N) is 2. The van der Waals surface area contributed by atoms with Crippen LogP contribution in [0, 0.1) is 12.7 Å². The first-order chi connectivity index (χ1) is 12.9. The van der Waals surface area contributed by atoms with Gasteiger partial charge >= 0.3 is 0 Å². The van der Waals surface area contributed by atoms with Crippen molar-refractivity contribution < 1.29 is 19.1 Å². The van der Waals surface area contributed by atoms with E-state index in [4.69, 9.17) is 21.5 Å². The molecule has 0 aliphatic heterocycles. The maximum Gasteiger partial charge on any atom is 0.277 e.